The van der Waals surface area contributed by atoms with Crippen LogP contribution in [-0.2, 0) is 4.79 Å². The summed E-state index contributed by atoms with van der Waals surface area (Å²) in [5.74, 6) is 0. The zero-order valence-corrected chi connectivity index (χ0v) is 6.05. The van der Waals surface area contributed by atoms with Crippen LogP contribution in [0.5, 0.6) is 0 Å². The van der Waals surface area contributed by atoms with Crippen LogP contribution in [0.15, 0.2) is 0 Å². The highest BCUT2D eigenvalue weighted by Crippen LogP contribution is 1.94. The highest BCUT2D eigenvalue weighted by Gasteiger charge is 1.80. The second kappa shape index (κ2) is 10.1. The molecule has 0 saturated carbocycles. The molecule has 1 unspecified atom stereocenters. The number of carbonyl (C=O) groups excluding carboxylic acids is 1. The quantitative estimate of drug-likeness (QED) is 0.313. The van der Waals surface area contributed by atoms with Gasteiger partial charge < -0.3 is 10.3 Å². The van der Waals surface area contributed by atoms with E-state index in [2.05, 4.69) is 9.24 Å². The lowest BCUT2D eigenvalue weighted by Gasteiger charge is -1.85. The number of unbranched alkanes of at least 4 members (excludes halogenated alkanes) is 2. The van der Waals surface area contributed by atoms with E-state index in [1.807, 2.05) is 0 Å². The molecule has 0 bridgehead atoms. The Balaban J connectivity index is 0. The van der Waals surface area contributed by atoms with Gasteiger partial charge in [-0.05, 0) is 19.0 Å². The summed E-state index contributed by atoms with van der Waals surface area (Å²) >= 11 is 0. The Morgan fingerprint density at radius 1 is 1.38 bits per heavy atom. The highest BCUT2D eigenvalue weighted by atomic mass is 31.0. The van der Waals surface area contributed by atoms with Crippen LogP contribution in [0.25, 0.3) is 0 Å². The molecule has 2 nitrogen and oxygen atoms in total. The van der Waals surface area contributed by atoms with Crippen LogP contribution < -0.4 is 0 Å². The Kier molecular flexibility index (Phi) is 13.8. The lowest BCUT2D eigenvalue weighted by atomic mass is 10.3. The van der Waals surface area contributed by atoms with E-state index in [0.717, 1.165) is 31.7 Å². The Labute approximate surface area is 52.2 Å². The van der Waals surface area contributed by atoms with Crippen LogP contribution in [0.4, 0.5) is 0 Å². The maximum atomic E-state index is 9.67. The van der Waals surface area contributed by atoms with Gasteiger partial charge in [-0.15, -0.1) is 9.24 Å². The van der Waals surface area contributed by atoms with Gasteiger partial charge in [0.25, 0.3) is 0 Å². The standard InChI is InChI=1S/C5H11OP.H2O/c6-4-2-1-3-5-7;/h4H,1-3,5,7H2;1H2. The van der Waals surface area contributed by atoms with Crippen molar-refractivity contribution >= 4 is 15.5 Å². The molecule has 0 amide bonds. The van der Waals surface area contributed by atoms with Gasteiger partial charge in [0, 0.05) is 6.42 Å². The molecule has 0 fully saturated rings. The van der Waals surface area contributed by atoms with E-state index >= 15 is 0 Å². The molecule has 2 N–H and O–H groups in total. The van der Waals surface area contributed by atoms with E-state index < -0.39 is 0 Å². The molecule has 0 aromatic rings. The minimum atomic E-state index is 0. The maximum Gasteiger partial charge on any atom is 0.119 e. The first-order chi connectivity index (χ1) is 3.41. The molecule has 3 heteroatoms. The minimum Gasteiger partial charge on any atom is -0.412 e. The molecule has 8 heavy (non-hydrogen) atoms. The molecule has 0 rings (SSSR count). The molecule has 0 aliphatic heterocycles. The van der Waals surface area contributed by atoms with Gasteiger partial charge in [-0.2, -0.15) is 0 Å². The lowest BCUT2D eigenvalue weighted by Crippen LogP contribution is -1.76. The van der Waals surface area contributed by atoms with Crippen molar-refractivity contribution in [2.75, 3.05) is 6.16 Å². The van der Waals surface area contributed by atoms with Gasteiger partial charge in [-0.3, -0.25) is 0 Å². The summed E-state index contributed by atoms with van der Waals surface area (Å²) < 4.78 is 0. The van der Waals surface area contributed by atoms with Crippen molar-refractivity contribution in [1.82, 2.24) is 0 Å². The van der Waals surface area contributed by atoms with Crippen molar-refractivity contribution in [2.24, 2.45) is 0 Å². The van der Waals surface area contributed by atoms with Crippen molar-refractivity contribution in [3.05, 3.63) is 0 Å². The fourth-order valence-corrected chi connectivity index (χ4v) is 0.661. The van der Waals surface area contributed by atoms with Crippen molar-refractivity contribution in [2.45, 2.75) is 19.3 Å². The average molecular weight is 136 g/mol. The van der Waals surface area contributed by atoms with E-state index in [1.54, 1.807) is 0 Å². The Hall–Kier alpha value is 0.0600. The first kappa shape index (κ1) is 10.9. The average Bonchev–Trinajstić information content (AvgIpc) is 1.69. The van der Waals surface area contributed by atoms with Crippen LogP contribution in [-0.4, -0.2) is 17.9 Å². The van der Waals surface area contributed by atoms with Crippen LogP contribution in [0.3, 0.4) is 0 Å². The van der Waals surface area contributed by atoms with Gasteiger partial charge in [-0.25, -0.2) is 0 Å². The van der Waals surface area contributed by atoms with Gasteiger partial charge >= 0.3 is 0 Å². The van der Waals surface area contributed by atoms with E-state index in [9.17, 15) is 4.79 Å². The van der Waals surface area contributed by atoms with E-state index in [4.69, 9.17) is 0 Å². The molecule has 0 spiro atoms. The summed E-state index contributed by atoms with van der Waals surface area (Å²) in [5, 5.41) is 0. The monoisotopic (exact) mass is 136 g/mol. The van der Waals surface area contributed by atoms with Gasteiger partial charge in [0.05, 0.1) is 0 Å². The molecule has 0 aliphatic carbocycles. The first-order valence-electron chi connectivity index (χ1n) is 2.55. The number of hydrogen-bond acceptors (Lipinski definition) is 1. The predicted octanol–water partition coefficient (Wildman–Crippen LogP) is 0.406. The Morgan fingerprint density at radius 2 is 2.00 bits per heavy atom. The molecular formula is C5H13O2P. The smallest absolute Gasteiger partial charge is 0.119 e. The molecule has 1 atom stereocenters. The fourth-order valence-electron chi connectivity index (χ4n) is 0.372. The maximum absolute atomic E-state index is 9.67. The van der Waals surface area contributed by atoms with Gasteiger partial charge in [0.1, 0.15) is 6.29 Å². The SMILES string of the molecule is O.O=CCCCCP. The Morgan fingerprint density at radius 3 is 2.38 bits per heavy atom. The number of rotatable bonds is 4. The molecular weight excluding hydrogens is 123 g/mol. The zero-order chi connectivity index (χ0) is 5.54. The molecule has 0 heterocycles. The summed E-state index contributed by atoms with van der Waals surface area (Å²) in [6, 6.07) is 0. The first-order valence-corrected chi connectivity index (χ1v) is 3.37. The lowest BCUT2D eigenvalue weighted by molar-refractivity contribution is -0.107. The summed E-state index contributed by atoms with van der Waals surface area (Å²) in [6.07, 6.45) is 5.03. The second-order valence-electron chi connectivity index (χ2n) is 1.45. The van der Waals surface area contributed by atoms with Gasteiger partial charge in [0.15, 0.2) is 0 Å². The third-order valence-corrected chi connectivity index (χ3v) is 1.18. The largest absolute Gasteiger partial charge is 0.412 e. The molecule has 0 aliphatic rings. The van der Waals surface area contributed by atoms with Gasteiger partial charge in [-0.1, -0.05) is 0 Å². The summed E-state index contributed by atoms with van der Waals surface area (Å²) in [5.41, 5.74) is 0. The Bertz CT molecular complexity index is 47.7. The molecule has 0 radical (unpaired) electrons. The number of carbonyl (C=O) groups is 1. The fraction of sp³-hybridized carbons (Fsp3) is 0.800. The van der Waals surface area contributed by atoms with Crippen LogP contribution in [0.2, 0.25) is 0 Å². The van der Waals surface area contributed by atoms with Gasteiger partial charge in [0.2, 0.25) is 0 Å². The van der Waals surface area contributed by atoms with Crippen molar-refractivity contribution in [1.29, 1.82) is 0 Å². The number of aldehydes is 1. The molecule has 0 saturated heterocycles. The second-order valence-corrected chi connectivity index (χ2v) is 2.03. The summed E-state index contributed by atoms with van der Waals surface area (Å²) in [4.78, 5) is 9.67. The third-order valence-electron chi connectivity index (χ3n) is 0.776. The summed E-state index contributed by atoms with van der Waals surface area (Å²) in [7, 11) is 2.63. The zero-order valence-electron chi connectivity index (χ0n) is 4.89. The number of hydrogen-bond donors (Lipinski definition) is 0. The van der Waals surface area contributed by atoms with Crippen LogP contribution in [0, 0.1) is 0 Å². The van der Waals surface area contributed by atoms with Crippen LogP contribution >= 0.6 is 9.24 Å². The predicted molar refractivity (Wildman–Crippen MR) is 38.1 cm³/mol. The third kappa shape index (κ3) is 9.41. The highest BCUT2D eigenvalue weighted by molar-refractivity contribution is 7.16. The molecule has 50 valence electrons. The minimum absolute atomic E-state index is 0. The topological polar surface area (TPSA) is 48.6 Å². The van der Waals surface area contributed by atoms with E-state index in [-0.39, 0.29) is 5.48 Å². The molecule has 0 aromatic carbocycles. The van der Waals surface area contributed by atoms with Crippen molar-refractivity contribution < 1.29 is 10.3 Å². The normalized spacial score (nSPS) is 7.62. The van der Waals surface area contributed by atoms with Crippen molar-refractivity contribution in [3.8, 4) is 0 Å². The molecule has 0 aromatic heterocycles. The van der Waals surface area contributed by atoms with Crippen molar-refractivity contribution in [3.63, 3.8) is 0 Å². The van der Waals surface area contributed by atoms with E-state index in [1.165, 1.54) is 0 Å². The van der Waals surface area contributed by atoms with Crippen LogP contribution in [0.1, 0.15) is 19.3 Å². The van der Waals surface area contributed by atoms with E-state index in [0.29, 0.717) is 0 Å². The summed E-state index contributed by atoms with van der Waals surface area (Å²) in [6.45, 7) is 0.